The number of benzene rings is 2. The van der Waals surface area contributed by atoms with Gasteiger partial charge in [-0.25, -0.2) is 12.8 Å². The highest BCUT2D eigenvalue weighted by molar-refractivity contribution is 7.89. The predicted octanol–water partition coefficient (Wildman–Crippen LogP) is 0.822. The van der Waals surface area contributed by atoms with E-state index in [1.54, 1.807) is 12.1 Å². The fraction of sp³-hybridized carbons (Fsp3) is 0.350. The van der Waals surface area contributed by atoms with E-state index in [-0.39, 0.29) is 10.7 Å². The van der Waals surface area contributed by atoms with Crippen LogP contribution in [0.15, 0.2) is 53.4 Å². The van der Waals surface area contributed by atoms with Crippen molar-refractivity contribution in [2.24, 2.45) is 0 Å². The summed E-state index contributed by atoms with van der Waals surface area (Å²) < 4.78 is 45.5. The van der Waals surface area contributed by atoms with Crippen LogP contribution >= 0.6 is 0 Å². The van der Waals surface area contributed by atoms with Gasteiger partial charge in [0.1, 0.15) is 17.6 Å². The summed E-state index contributed by atoms with van der Waals surface area (Å²) in [5, 5.41) is 9.64. The zero-order valence-corrected chi connectivity index (χ0v) is 17.3. The Bertz CT molecular complexity index is 959. The number of sulfonamides is 1. The second-order valence-electron chi connectivity index (χ2n) is 6.82. The van der Waals surface area contributed by atoms with E-state index in [4.69, 9.17) is 4.74 Å². The summed E-state index contributed by atoms with van der Waals surface area (Å²) in [6.07, 6.45) is 0. The molecule has 2 aromatic rings. The van der Waals surface area contributed by atoms with Crippen molar-refractivity contribution in [3.63, 3.8) is 0 Å². The Kier molecular flexibility index (Phi) is 6.91. The minimum atomic E-state index is -4.00. The van der Waals surface area contributed by atoms with Gasteiger partial charge < -0.3 is 19.6 Å². The quantitative estimate of drug-likeness (QED) is 0.666. The third kappa shape index (κ3) is 5.07. The number of ether oxygens (including phenoxy) is 1. The number of rotatable bonds is 7. The van der Waals surface area contributed by atoms with Gasteiger partial charge in [0.25, 0.3) is 0 Å². The van der Waals surface area contributed by atoms with Crippen LogP contribution in [0.1, 0.15) is 0 Å². The van der Waals surface area contributed by atoms with Crippen LogP contribution in [-0.4, -0.2) is 70.3 Å². The van der Waals surface area contributed by atoms with Crippen LogP contribution < -0.4 is 14.4 Å². The number of hydrogen-bond acceptors (Lipinski definition) is 6. The van der Waals surface area contributed by atoms with Gasteiger partial charge in [-0.1, -0.05) is 0 Å². The molecule has 0 spiro atoms. The maximum Gasteiger partial charge on any atom is 0.243 e. The summed E-state index contributed by atoms with van der Waals surface area (Å²) in [7, 11) is -2.53. The molecule has 1 amide bonds. The molecule has 30 heavy (non-hydrogen) atoms. The highest BCUT2D eigenvalue weighted by Gasteiger charge is 2.30. The molecule has 1 heterocycles. The number of anilines is 1. The number of aliphatic hydroxyl groups is 1. The average molecular weight is 437 g/mol. The van der Waals surface area contributed by atoms with Gasteiger partial charge in [-0.05, 0) is 48.5 Å². The normalized spacial score (nSPS) is 15.7. The number of nitrogens with one attached hydrogen (secondary N) is 1. The number of carbonyl (C=O) groups excluding carboxylic acids is 1. The first-order valence-electron chi connectivity index (χ1n) is 9.40. The number of carbonyl (C=O) groups is 1. The smallest absolute Gasteiger partial charge is 0.243 e. The van der Waals surface area contributed by atoms with Crippen LogP contribution in [0.2, 0.25) is 0 Å². The Morgan fingerprint density at radius 1 is 1.10 bits per heavy atom. The number of piperazine rings is 1. The lowest BCUT2D eigenvalue weighted by molar-refractivity contribution is -0.134. The Balaban J connectivity index is 1.62. The number of aliphatic hydroxyl groups excluding tert-OH is 1. The van der Waals surface area contributed by atoms with E-state index in [0.717, 1.165) is 5.69 Å². The van der Waals surface area contributed by atoms with E-state index < -0.39 is 28.6 Å². The van der Waals surface area contributed by atoms with E-state index in [9.17, 15) is 22.7 Å². The van der Waals surface area contributed by atoms with Gasteiger partial charge in [0.2, 0.25) is 15.9 Å². The molecule has 1 saturated heterocycles. The molecule has 0 saturated carbocycles. The monoisotopic (exact) mass is 437 g/mol. The molecule has 0 aliphatic carbocycles. The van der Waals surface area contributed by atoms with Crippen LogP contribution in [0.5, 0.6) is 5.75 Å². The van der Waals surface area contributed by atoms with Crippen molar-refractivity contribution in [2.75, 3.05) is 44.8 Å². The SMILES string of the molecule is COc1ccc(S(=O)(=O)N[C@@H](CO)C(=O)N2CCN(c3ccc(F)cc3)CC2)cc1. The van der Waals surface area contributed by atoms with E-state index in [1.165, 1.54) is 48.4 Å². The molecule has 10 heteroatoms. The first-order chi connectivity index (χ1) is 14.3. The lowest BCUT2D eigenvalue weighted by Gasteiger charge is -2.37. The lowest BCUT2D eigenvalue weighted by atomic mass is 10.2. The van der Waals surface area contributed by atoms with Crippen molar-refractivity contribution in [1.29, 1.82) is 0 Å². The summed E-state index contributed by atoms with van der Waals surface area (Å²) >= 11 is 0. The molecular formula is C20H24FN3O5S. The van der Waals surface area contributed by atoms with Gasteiger partial charge in [0.05, 0.1) is 18.6 Å². The number of halogens is 1. The Morgan fingerprint density at radius 2 is 1.70 bits per heavy atom. The molecule has 2 aromatic carbocycles. The number of methoxy groups -OCH3 is 1. The molecule has 0 aromatic heterocycles. The predicted molar refractivity (Wildman–Crippen MR) is 109 cm³/mol. The molecule has 0 radical (unpaired) electrons. The molecule has 8 nitrogen and oxygen atoms in total. The van der Waals surface area contributed by atoms with Crippen molar-refractivity contribution < 1.29 is 27.4 Å². The fourth-order valence-electron chi connectivity index (χ4n) is 3.23. The lowest BCUT2D eigenvalue weighted by Crippen LogP contribution is -2.56. The average Bonchev–Trinajstić information content (AvgIpc) is 2.77. The summed E-state index contributed by atoms with van der Waals surface area (Å²) in [6.45, 7) is 1.09. The summed E-state index contributed by atoms with van der Waals surface area (Å²) in [5.74, 6) is -0.307. The molecule has 1 atom stereocenters. The van der Waals surface area contributed by atoms with E-state index in [1.807, 2.05) is 4.90 Å². The van der Waals surface area contributed by atoms with Gasteiger partial charge in [-0.15, -0.1) is 0 Å². The second-order valence-corrected chi connectivity index (χ2v) is 8.53. The van der Waals surface area contributed by atoms with Gasteiger partial charge in [-0.2, -0.15) is 4.72 Å². The summed E-state index contributed by atoms with van der Waals surface area (Å²) in [5.41, 5.74) is 0.849. The van der Waals surface area contributed by atoms with Gasteiger partial charge in [-0.3, -0.25) is 4.79 Å². The van der Waals surface area contributed by atoms with Crippen LogP contribution in [0.4, 0.5) is 10.1 Å². The Labute approximate surface area is 174 Å². The van der Waals surface area contributed by atoms with Gasteiger partial charge in [0.15, 0.2) is 0 Å². The highest BCUT2D eigenvalue weighted by atomic mass is 32.2. The maximum absolute atomic E-state index is 13.1. The van der Waals surface area contributed by atoms with Crippen molar-refractivity contribution in [2.45, 2.75) is 10.9 Å². The molecule has 1 aliphatic rings. The Morgan fingerprint density at radius 3 is 2.23 bits per heavy atom. The number of amides is 1. The fourth-order valence-corrected chi connectivity index (χ4v) is 4.41. The zero-order chi connectivity index (χ0) is 21.7. The molecule has 162 valence electrons. The molecule has 1 aliphatic heterocycles. The standard InChI is InChI=1S/C20H24FN3O5S/c1-29-17-6-8-18(9-7-17)30(27,28)22-19(14-25)20(26)24-12-10-23(11-13-24)16-4-2-15(21)3-5-16/h2-9,19,22,25H,10-14H2,1H3/t19-/m0/s1. The van der Waals surface area contributed by atoms with Gasteiger partial charge in [0, 0.05) is 31.9 Å². The first-order valence-corrected chi connectivity index (χ1v) is 10.9. The molecule has 2 N–H and O–H groups in total. The van der Waals surface area contributed by atoms with Crippen LogP contribution in [-0.2, 0) is 14.8 Å². The zero-order valence-electron chi connectivity index (χ0n) is 16.5. The van der Waals surface area contributed by atoms with E-state index in [0.29, 0.717) is 31.9 Å². The maximum atomic E-state index is 13.1. The van der Waals surface area contributed by atoms with E-state index >= 15 is 0 Å². The van der Waals surface area contributed by atoms with Crippen molar-refractivity contribution in [1.82, 2.24) is 9.62 Å². The molecule has 1 fully saturated rings. The number of hydrogen-bond donors (Lipinski definition) is 2. The van der Waals surface area contributed by atoms with Gasteiger partial charge >= 0.3 is 0 Å². The minimum Gasteiger partial charge on any atom is -0.497 e. The summed E-state index contributed by atoms with van der Waals surface area (Å²) in [6, 6.07) is 10.5. The first kappa shape index (κ1) is 22.0. The second kappa shape index (κ2) is 9.41. The van der Waals surface area contributed by atoms with Crippen LogP contribution in [0, 0.1) is 5.82 Å². The largest absolute Gasteiger partial charge is 0.497 e. The van der Waals surface area contributed by atoms with Crippen molar-refractivity contribution >= 4 is 21.6 Å². The van der Waals surface area contributed by atoms with Crippen molar-refractivity contribution in [3.8, 4) is 5.75 Å². The Hall–Kier alpha value is -2.69. The van der Waals surface area contributed by atoms with Crippen LogP contribution in [0.25, 0.3) is 0 Å². The molecule has 0 unspecified atom stereocenters. The molecule has 0 bridgehead atoms. The van der Waals surface area contributed by atoms with E-state index in [2.05, 4.69) is 4.72 Å². The highest BCUT2D eigenvalue weighted by Crippen LogP contribution is 2.18. The molecule has 3 rings (SSSR count). The minimum absolute atomic E-state index is 0.0318. The third-order valence-corrected chi connectivity index (χ3v) is 6.42. The van der Waals surface area contributed by atoms with Crippen LogP contribution in [0.3, 0.4) is 0 Å². The topological polar surface area (TPSA) is 99.2 Å². The number of nitrogens with zero attached hydrogens (tertiary/aromatic N) is 2. The molecular weight excluding hydrogens is 413 g/mol. The third-order valence-electron chi connectivity index (χ3n) is 4.93. The summed E-state index contributed by atoms with van der Waals surface area (Å²) in [4.78, 5) is 16.3. The van der Waals surface area contributed by atoms with Crippen molar-refractivity contribution in [3.05, 3.63) is 54.3 Å².